The van der Waals surface area contributed by atoms with E-state index < -0.39 is 0 Å². The third kappa shape index (κ3) is 3.05. The predicted octanol–water partition coefficient (Wildman–Crippen LogP) is 3.05. The number of aromatic nitrogens is 1. The lowest BCUT2D eigenvalue weighted by Crippen LogP contribution is -2.04. The van der Waals surface area contributed by atoms with Gasteiger partial charge in [-0.2, -0.15) is 0 Å². The van der Waals surface area contributed by atoms with Crippen LogP contribution in [0.2, 0.25) is 0 Å². The third-order valence-corrected chi connectivity index (χ3v) is 3.23. The van der Waals surface area contributed by atoms with Gasteiger partial charge < -0.3 is 11.1 Å². The molecule has 0 aliphatic carbocycles. The number of anilines is 1. The molecule has 1 aromatic heterocycles. The first-order valence-corrected chi connectivity index (χ1v) is 6.30. The highest BCUT2D eigenvalue weighted by molar-refractivity contribution is 9.10. The molecule has 0 saturated carbocycles. The van der Waals surface area contributed by atoms with Crippen molar-refractivity contribution in [1.29, 1.82) is 0 Å². The highest BCUT2D eigenvalue weighted by atomic mass is 79.9. The summed E-state index contributed by atoms with van der Waals surface area (Å²) in [5.41, 5.74) is 7.74. The number of nitrogens with two attached hydrogens (primary N) is 1. The molecule has 0 aliphatic heterocycles. The molecule has 1 aromatic carbocycles. The Hall–Kier alpha value is -1.46. The van der Waals surface area contributed by atoms with E-state index in [0.29, 0.717) is 18.7 Å². The summed E-state index contributed by atoms with van der Waals surface area (Å²) in [7, 11) is 0. The Balaban J connectivity index is 2.09. The van der Waals surface area contributed by atoms with Gasteiger partial charge >= 0.3 is 0 Å². The average molecular weight is 310 g/mol. The third-order valence-electron chi connectivity index (χ3n) is 2.59. The van der Waals surface area contributed by atoms with E-state index in [1.165, 1.54) is 6.07 Å². The van der Waals surface area contributed by atoms with E-state index in [-0.39, 0.29) is 5.82 Å². The minimum absolute atomic E-state index is 0.240. The first kappa shape index (κ1) is 13.0. The Kier molecular flexibility index (Phi) is 4.28. The van der Waals surface area contributed by atoms with Crippen molar-refractivity contribution in [3.05, 3.63) is 58.1 Å². The number of halogens is 2. The molecular formula is C13H13BrFN3. The van der Waals surface area contributed by atoms with E-state index in [0.717, 1.165) is 15.7 Å². The van der Waals surface area contributed by atoms with Crippen LogP contribution < -0.4 is 11.1 Å². The highest BCUT2D eigenvalue weighted by Gasteiger charge is 2.04. The van der Waals surface area contributed by atoms with Gasteiger partial charge in [0.25, 0.3) is 0 Å². The summed E-state index contributed by atoms with van der Waals surface area (Å²) in [6.45, 7) is 0.764. The molecule has 0 atom stereocenters. The van der Waals surface area contributed by atoms with E-state index in [2.05, 4.69) is 26.2 Å². The maximum Gasteiger partial charge on any atom is 0.128 e. The molecular weight excluding hydrogens is 297 g/mol. The molecule has 3 nitrogen and oxygen atoms in total. The van der Waals surface area contributed by atoms with Crippen LogP contribution in [0.4, 0.5) is 10.1 Å². The van der Waals surface area contributed by atoms with Crippen LogP contribution in [0.5, 0.6) is 0 Å². The molecule has 18 heavy (non-hydrogen) atoms. The second-order valence-electron chi connectivity index (χ2n) is 3.84. The molecule has 0 amide bonds. The van der Waals surface area contributed by atoms with Gasteiger partial charge in [0.2, 0.25) is 0 Å². The number of rotatable bonds is 4. The van der Waals surface area contributed by atoms with Gasteiger partial charge in [-0.25, -0.2) is 4.39 Å². The number of benzene rings is 1. The zero-order chi connectivity index (χ0) is 13.0. The van der Waals surface area contributed by atoms with Crippen molar-refractivity contribution in [1.82, 2.24) is 4.98 Å². The van der Waals surface area contributed by atoms with Crippen LogP contribution in [0.1, 0.15) is 11.1 Å². The van der Waals surface area contributed by atoms with Crippen LogP contribution in [0, 0.1) is 5.82 Å². The number of hydrogen-bond donors (Lipinski definition) is 2. The van der Waals surface area contributed by atoms with Crippen molar-refractivity contribution in [2.75, 3.05) is 5.32 Å². The van der Waals surface area contributed by atoms with Crippen LogP contribution in [-0.2, 0) is 13.1 Å². The topological polar surface area (TPSA) is 50.9 Å². The van der Waals surface area contributed by atoms with Crippen LogP contribution in [0.15, 0.2) is 41.1 Å². The van der Waals surface area contributed by atoms with Crippen molar-refractivity contribution >= 4 is 21.6 Å². The number of pyridine rings is 1. The van der Waals surface area contributed by atoms with E-state index in [1.54, 1.807) is 18.5 Å². The van der Waals surface area contributed by atoms with Gasteiger partial charge in [-0.1, -0.05) is 12.1 Å². The predicted molar refractivity (Wildman–Crippen MR) is 73.6 cm³/mol. The van der Waals surface area contributed by atoms with Gasteiger partial charge in [0.15, 0.2) is 0 Å². The molecule has 0 saturated heterocycles. The van der Waals surface area contributed by atoms with Gasteiger partial charge in [0, 0.05) is 31.0 Å². The second-order valence-corrected chi connectivity index (χ2v) is 4.69. The zero-order valence-electron chi connectivity index (χ0n) is 9.66. The normalized spacial score (nSPS) is 10.4. The van der Waals surface area contributed by atoms with E-state index >= 15 is 0 Å². The maximum absolute atomic E-state index is 13.7. The van der Waals surface area contributed by atoms with Crippen molar-refractivity contribution in [3.8, 4) is 0 Å². The molecule has 94 valence electrons. The Morgan fingerprint density at radius 2 is 2.17 bits per heavy atom. The fraction of sp³-hybridized carbons (Fsp3) is 0.154. The van der Waals surface area contributed by atoms with Crippen LogP contribution >= 0.6 is 15.9 Å². The van der Waals surface area contributed by atoms with Crippen LogP contribution in [-0.4, -0.2) is 4.98 Å². The van der Waals surface area contributed by atoms with Gasteiger partial charge in [-0.05, 0) is 33.6 Å². The fourth-order valence-corrected chi connectivity index (χ4v) is 1.96. The minimum atomic E-state index is -0.240. The highest BCUT2D eigenvalue weighted by Crippen LogP contribution is 2.21. The first-order valence-electron chi connectivity index (χ1n) is 5.51. The lowest BCUT2D eigenvalue weighted by atomic mass is 10.1. The van der Waals surface area contributed by atoms with Gasteiger partial charge in [-0.3, -0.25) is 4.98 Å². The largest absolute Gasteiger partial charge is 0.380 e. The van der Waals surface area contributed by atoms with Gasteiger partial charge in [0.05, 0.1) is 10.2 Å². The average Bonchev–Trinajstić information content (AvgIpc) is 2.39. The molecule has 1 heterocycles. The summed E-state index contributed by atoms with van der Waals surface area (Å²) < 4.78 is 14.6. The number of nitrogens with one attached hydrogen (secondary N) is 1. The molecule has 2 rings (SSSR count). The van der Waals surface area contributed by atoms with Gasteiger partial charge in [0.1, 0.15) is 5.82 Å². The van der Waals surface area contributed by atoms with Crippen molar-refractivity contribution < 1.29 is 4.39 Å². The smallest absolute Gasteiger partial charge is 0.128 e. The molecule has 3 N–H and O–H groups in total. The number of hydrogen-bond acceptors (Lipinski definition) is 3. The summed E-state index contributed by atoms with van der Waals surface area (Å²) in [5.74, 6) is -0.240. The monoisotopic (exact) mass is 309 g/mol. The van der Waals surface area contributed by atoms with Gasteiger partial charge in [-0.15, -0.1) is 0 Å². The molecule has 0 bridgehead atoms. The van der Waals surface area contributed by atoms with Crippen molar-refractivity contribution in [2.24, 2.45) is 5.73 Å². The summed E-state index contributed by atoms with van der Waals surface area (Å²) in [6, 6.07) is 6.89. The van der Waals surface area contributed by atoms with E-state index in [4.69, 9.17) is 5.73 Å². The Morgan fingerprint density at radius 1 is 1.33 bits per heavy atom. The molecule has 5 heteroatoms. The minimum Gasteiger partial charge on any atom is -0.380 e. The molecule has 0 aliphatic rings. The summed E-state index contributed by atoms with van der Waals surface area (Å²) in [5, 5.41) is 3.15. The SMILES string of the molecule is NCc1ccc(CNc2ccncc2Br)c(F)c1. The molecule has 0 spiro atoms. The Morgan fingerprint density at radius 3 is 2.83 bits per heavy atom. The molecule has 0 fully saturated rings. The van der Waals surface area contributed by atoms with Crippen LogP contribution in [0.25, 0.3) is 0 Å². The maximum atomic E-state index is 13.7. The molecule has 0 unspecified atom stereocenters. The van der Waals surface area contributed by atoms with E-state index in [9.17, 15) is 4.39 Å². The lowest BCUT2D eigenvalue weighted by molar-refractivity contribution is 0.610. The zero-order valence-corrected chi connectivity index (χ0v) is 11.2. The van der Waals surface area contributed by atoms with E-state index in [1.807, 2.05) is 12.1 Å². The fourth-order valence-electron chi connectivity index (χ4n) is 1.57. The molecule has 0 radical (unpaired) electrons. The second kappa shape index (κ2) is 5.93. The van der Waals surface area contributed by atoms with Crippen molar-refractivity contribution in [3.63, 3.8) is 0 Å². The molecule has 2 aromatic rings. The van der Waals surface area contributed by atoms with Crippen LogP contribution in [0.3, 0.4) is 0 Å². The summed E-state index contributed by atoms with van der Waals surface area (Å²) >= 11 is 3.38. The first-order chi connectivity index (χ1) is 8.70. The summed E-state index contributed by atoms with van der Waals surface area (Å²) in [4.78, 5) is 3.97. The Bertz CT molecular complexity index is 546. The lowest BCUT2D eigenvalue weighted by Gasteiger charge is -2.09. The quantitative estimate of drug-likeness (QED) is 0.912. The van der Waals surface area contributed by atoms with Crippen molar-refractivity contribution in [2.45, 2.75) is 13.1 Å². The summed E-state index contributed by atoms with van der Waals surface area (Å²) in [6.07, 6.45) is 3.37. The Labute approximate surface area is 113 Å². The standard InChI is InChI=1S/C13H13BrFN3/c14-11-8-17-4-3-13(11)18-7-10-2-1-9(6-16)5-12(10)15/h1-5,8H,6-7,16H2,(H,17,18). The number of nitrogens with zero attached hydrogens (tertiary/aromatic N) is 1.